The Morgan fingerprint density at radius 3 is 2.62 bits per heavy atom. The monoisotopic (exact) mass is 204 g/mol. The average Bonchev–Trinajstić information content (AvgIpc) is 2.10. The summed E-state index contributed by atoms with van der Waals surface area (Å²) in [5, 5.41) is 9.21. The molecule has 0 aromatic heterocycles. The van der Waals surface area contributed by atoms with E-state index in [1.165, 1.54) is 0 Å². The molecule has 1 unspecified atom stereocenters. The van der Waals surface area contributed by atoms with Crippen molar-refractivity contribution in [2.45, 2.75) is 6.10 Å². The van der Waals surface area contributed by atoms with E-state index in [4.69, 9.17) is 11.6 Å². The largest absolute Gasteiger partial charge is 0.384 e. The highest BCUT2D eigenvalue weighted by Crippen LogP contribution is 2.24. The topological polar surface area (TPSA) is 20.2 Å². The third-order valence-corrected chi connectivity index (χ3v) is 1.78. The number of benzene rings is 1. The van der Waals surface area contributed by atoms with Crippen LogP contribution in [-0.4, -0.2) is 5.11 Å². The fourth-order valence-corrected chi connectivity index (χ4v) is 1.13. The van der Waals surface area contributed by atoms with Gasteiger partial charge in [0, 0.05) is 10.6 Å². The van der Waals surface area contributed by atoms with Crippen LogP contribution in [0, 0.1) is 11.6 Å². The number of aliphatic hydroxyl groups is 1. The van der Waals surface area contributed by atoms with Crippen molar-refractivity contribution in [1.29, 1.82) is 0 Å². The minimum Gasteiger partial charge on any atom is -0.384 e. The first-order valence-electron chi connectivity index (χ1n) is 3.51. The molecule has 0 fully saturated rings. The zero-order valence-electron chi connectivity index (χ0n) is 6.60. The molecule has 0 radical (unpaired) electrons. The summed E-state index contributed by atoms with van der Waals surface area (Å²) < 4.78 is 25.7. The van der Waals surface area contributed by atoms with Crippen molar-refractivity contribution < 1.29 is 13.9 Å². The maximum Gasteiger partial charge on any atom is 0.165 e. The molecule has 1 N–H and O–H groups in total. The van der Waals surface area contributed by atoms with Crippen LogP contribution in [0.2, 0.25) is 5.02 Å². The van der Waals surface area contributed by atoms with Gasteiger partial charge in [-0.25, -0.2) is 8.78 Å². The SMILES string of the molecule is C=CC(O)c1cc(Cl)cc(F)c1F. The van der Waals surface area contributed by atoms with Crippen molar-refractivity contribution in [2.24, 2.45) is 0 Å². The number of aliphatic hydroxyl groups excluding tert-OH is 1. The van der Waals surface area contributed by atoms with Gasteiger partial charge in [0.2, 0.25) is 0 Å². The lowest BCUT2D eigenvalue weighted by Gasteiger charge is -2.07. The van der Waals surface area contributed by atoms with E-state index in [1.807, 2.05) is 0 Å². The molecule has 0 aliphatic rings. The summed E-state index contributed by atoms with van der Waals surface area (Å²) in [4.78, 5) is 0. The van der Waals surface area contributed by atoms with Crippen molar-refractivity contribution in [3.63, 3.8) is 0 Å². The molecule has 1 atom stereocenters. The summed E-state index contributed by atoms with van der Waals surface area (Å²) in [6.07, 6.45) is -0.151. The lowest BCUT2D eigenvalue weighted by Crippen LogP contribution is -1.99. The second kappa shape index (κ2) is 3.85. The van der Waals surface area contributed by atoms with E-state index in [9.17, 15) is 13.9 Å². The highest BCUT2D eigenvalue weighted by molar-refractivity contribution is 6.30. The lowest BCUT2D eigenvalue weighted by atomic mass is 10.1. The Balaban J connectivity index is 3.27. The van der Waals surface area contributed by atoms with Gasteiger partial charge in [0.1, 0.15) is 0 Å². The van der Waals surface area contributed by atoms with E-state index in [2.05, 4.69) is 6.58 Å². The highest BCUT2D eigenvalue weighted by Gasteiger charge is 2.14. The third kappa shape index (κ3) is 2.05. The van der Waals surface area contributed by atoms with E-state index in [0.717, 1.165) is 18.2 Å². The fourth-order valence-electron chi connectivity index (χ4n) is 0.918. The molecule has 0 aliphatic heterocycles. The second-order valence-corrected chi connectivity index (χ2v) is 2.91. The van der Waals surface area contributed by atoms with Crippen molar-refractivity contribution in [2.75, 3.05) is 0 Å². The Morgan fingerprint density at radius 1 is 1.46 bits per heavy atom. The molecule has 70 valence electrons. The Kier molecular flexibility index (Phi) is 3.01. The van der Waals surface area contributed by atoms with Gasteiger partial charge in [0.15, 0.2) is 11.6 Å². The van der Waals surface area contributed by atoms with Crippen molar-refractivity contribution >= 4 is 11.6 Å². The van der Waals surface area contributed by atoms with Gasteiger partial charge in [0.05, 0.1) is 6.10 Å². The summed E-state index contributed by atoms with van der Waals surface area (Å²) in [6, 6.07) is 2.00. The summed E-state index contributed by atoms with van der Waals surface area (Å²) >= 11 is 5.47. The average molecular weight is 205 g/mol. The predicted molar refractivity (Wildman–Crippen MR) is 46.5 cm³/mol. The Bertz CT molecular complexity index is 339. The van der Waals surface area contributed by atoms with E-state index in [1.54, 1.807) is 0 Å². The molecular weight excluding hydrogens is 198 g/mol. The maximum atomic E-state index is 13.0. The van der Waals surface area contributed by atoms with Crippen LogP contribution in [0.3, 0.4) is 0 Å². The Morgan fingerprint density at radius 2 is 2.08 bits per heavy atom. The fraction of sp³-hybridized carbons (Fsp3) is 0.111. The first-order valence-corrected chi connectivity index (χ1v) is 3.89. The smallest absolute Gasteiger partial charge is 0.165 e. The maximum absolute atomic E-state index is 13.0. The molecule has 1 aromatic rings. The third-order valence-electron chi connectivity index (χ3n) is 1.56. The van der Waals surface area contributed by atoms with Crippen LogP contribution in [0.1, 0.15) is 11.7 Å². The molecule has 0 bridgehead atoms. The van der Waals surface area contributed by atoms with Crippen LogP contribution in [0.15, 0.2) is 24.8 Å². The normalized spacial score (nSPS) is 12.6. The summed E-state index contributed by atoms with van der Waals surface area (Å²) in [6.45, 7) is 3.26. The van der Waals surface area contributed by atoms with Gasteiger partial charge in [-0.3, -0.25) is 0 Å². The standard InChI is InChI=1S/C9H7ClF2O/c1-2-8(13)6-3-5(10)4-7(11)9(6)12/h2-4,8,13H,1H2. The van der Waals surface area contributed by atoms with Gasteiger partial charge in [-0.05, 0) is 12.1 Å². The van der Waals surface area contributed by atoms with Gasteiger partial charge in [-0.15, -0.1) is 6.58 Å². The predicted octanol–water partition coefficient (Wildman–Crippen LogP) is 2.84. The van der Waals surface area contributed by atoms with Gasteiger partial charge in [-0.1, -0.05) is 17.7 Å². The van der Waals surface area contributed by atoms with Gasteiger partial charge < -0.3 is 5.11 Å². The number of rotatable bonds is 2. The van der Waals surface area contributed by atoms with Gasteiger partial charge in [0.25, 0.3) is 0 Å². The number of hydrogen-bond acceptors (Lipinski definition) is 1. The van der Waals surface area contributed by atoms with Gasteiger partial charge in [-0.2, -0.15) is 0 Å². The van der Waals surface area contributed by atoms with Crippen LogP contribution >= 0.6 is 11.6 Å². The minimum atomic E-state index is -1.24. The second-order valence-electron chi connectivity index (χ2n) is 2.47. The molecule has 0 amide bonds. The molecule has 0 spiro atoms. The molecule has 13 heavy (non-hydrogen) atoms. The van der Waals surface area contributed by atoms with Crippen LogP contribution in [-0.2, 0) is 0 Å². The first kappa shape index (κ1) is 10.2. The van der Waals surface area contributed by atoms with Crippen molar-refractivity contribution in [1.82, 2.24) is 0 Å². The molecule has 1 aromatic carbocycles. The number of halogens is 3. The van der Waals surface area contributed by atoms with Crippen molar-refractivity contribution in [3.8, 4) is 0 Å². The molecule has 0 saturated carbocycles. The molecule has 1 nitrogen and oxygen atoms in total. The molecule has 0 saturated heterocycles. The summed E-state index contributed by atoms with van der Waals surface area (Å²) in [7, 11) is 0. The zero-order valence-corrected chi connectivity index (χ0v) is 7.35. The van der Waals surface area contributed by atoms with Crippen LogP contribution in [0.5, 0.6) is 0 Å². The summed E-state index contributed by atoms with van der Waals surface area (Å²) in [5.41, 5.74) is -0.208. The van der Waals surface area contributed by atoms with Gasteiger partial charge >= 0.3 is 0 Å². The van der Waals surface area contributed by atoms with Crippen LogP contribution in [0.25, 0.3) is 0 Å². The number of hydrogen-bond donors (Lipinski definition) is 1. The Labute approximate surface area is 79.3 Å². The Hall–Kier alpha value is -0.930. The van der Waals surface area contributed by atoms with E-state index in [-0.39, 0.29) is 10.6 Å². The minimum absolute atomic E-state index is 0.0369. The zero-order chi connectivity index (χ0) is 10.0. The first-order chi connectivity index (χ1) is 6.06. The molecule has 0 heterocycles. The molecule has 0 aliphatic carbocycles. The molecule has 4 heteroatoms. The quantitative estimate of drug-likeness (QED) is 0.580. The summed E-state index contributed by atoms with van der Waals surface area (Å²) in [5.74, 6) is -2.18. The van der Waals surface area contributed by atoms with Crippen LogP contribution in [0.4, 0.5) is 8.78 Å². The highest BCUT2D eigenvalue weighted by atomic mass is 35.5. The van der Waals surface area contributed by atoms with E-state index in [0.29, 0.717) is 0 Å². The molecular formula is C9H7ClF2O. The van der Waals surface area contributed by atoms with Crippen molar-refractivity contribution in [3.05, 3.63) is 47.0 Å². The molecule has 1 rings (SSSR count). The van der Waals surface area contributed by atoms with Crippen LogP contribution < -0.4 is 0 Å². The van der Waals surface area contributed by atoms with E-state index < -0.39 is 17.7 Å². The van der Waals surface area contributed by atoms with E-state index >= 15 is 0 Å². The lowest BCUT2D eigenvalue weighted by molar-refractivity contribution is 0.222.